The fraction of sp³-hybridized carbons (Fsp3) is 0.235. The molecule has 0 saturated carbocycles. The smallest absolute Gasteiger partial charge is 0.312 e. The number of nitrogens with one attached hydrogen (secondary N) is 1. The maximum atomic E-state index is 13.2. The zero-order chi connectivity index (χ0) is 20.0. The van der Waals surface area contributed by atoms with Crippen LogP contribution in [0.3, 0.4) is 0 Å². The first-order chi connectivity index (χ1) is 12.5. The van der Waals surface area contributed by atoms with Crippen LogP contribution in [0.5, 0.6) is 0 Å². The lowest BCUT2D eigenvalue weighted by Gasteiger charge is -2.17. The van der Waals surface area contributed by atoms with E-state index in [1.807, 2.05) is 4.72 Å². The van der Waals surface area contributed by atoms with Crippen molar-refractivity contribution in [2.24, 2.45) is 0 Å². The van der Waals surface area contributed by atoms with Crippen molar-refractivity contribution >= 4 is 38.9 Å². The number of anilines is 2. The van der Waals surface area contributed by atoms with Crippen molar-refractivity contribution in [3.63, 3.8) is 0 Å². The number of amides is 1. The molecular formula is C17H14ClF3N2O3S. The molecule has 1 heterocycles. The van der Waals surface area contributed by atoms with Crippen molar-refractivity contribution in [2.45, 2.75) is 24.4 Å². The molecule has 0 unspecified atom stereocenters. The van der Waals surface area contributed by atoms with Crippen LogP contribution in [-0.2, 0) is 27.4 Å². The van der Waals surface area contributed by atoms with Gasteiger partial charge >= 0.3 is 6.18 Å². The Kier molecular flexibility index (Phi) is 4.85. The Balaban J connectivity index is 1.97. The minimum absolute atomic E-state index is 0.160. The molecule has 1 N–H and O–H groups in total. The average Bonchev–Trinajstić information content (AvgIpc) is 2.98. The Morgan fingerprint density at radius 2 is 1.89 bits per heavy atom. The Morgan fingerprint density at radius 1 is 1.19 bits per heavy atom. The number of nitrogens with zero attached hydrogens (tertiary/aromatic N) is 1. The first-order valence-corrected chi connectivity index (χ1v) is 9.66. The Morgan fingerprint density at radius 3 is 2.52 bits per heavy atom. The number of rotatable bonds is 3. The van der Waals surface area contributed by atoms with Crippen LogP contribution >= 0.6 is 11.6 Å². The van der Waals surface area contributed by atoms with E-state index in [9.17, 15) is 26.4 Å². The average molecular weight is 419 g/mol. The summed E-state index contributed by atoms with van der Waals surface area (Å²) in [5, 5.41) is -0.160. The molecule has 2 aromatic rings. The van der Waals surface area contributed by atoms with Crippen LogP contribution < -0.4 is 9.62 Å². The van der Waals surface area contributed by atoms with Gasteiger partial charge in [-0.2, -0.15) is 13.2 Å². The Bertz CT molecular complexity index is 1020. The van der Waals surface area contributed by atoms with Gasteiger partial charge in [0, 0.05) is 24.2 Å². The minimum atomic E-state index is -4.78. The number of sulfonamides is 1. The van der Waals surface area contributed by atoms with Crippen molar-refractivity contribution < 1.29 is 26.4 Å². The third kappa shape index (κ3) is 3.89. The summed E-state index contributed by atoms with van der Waals surface area (Å²) in [5.41, 5.74) is -0.551. The summed E-state index contributed by atoms with van der Waals surface area (Å²) in [6.45, 7) is 1.83. The van der Waals surface area contributed by atoms with Crippen LogP contribution in [-0.4, -0.2) is 20.9 Å². The van der Waals surface area contributed by atoms with E-state index in [2.05, 4.69) is 0 Å². The number of carbonyl (C=O) groups is 1. The second kappa shape index (κ2) is 6.72. The summed E-state index contributed by atoms with van der Waals surface area (Å²) < 4.78 is 66.7. The summed E-state index contributed by atoms with van der Waals surface area (Å²) in [5.74, 6) is -0.168. The van der Waals surface area contributed by atoms with Crippen LogP contribution in [0.2, 0.25) is 5.02 Å². The first kappa shape index (κ1) is 19.5. The molecule has 1 amide bonds. The molecule has 0 aromatic heterocycles. The number of hydrogen-bond donors (Lipinski definition) is 1. The lowest BCUT2D eigenvalue weighted by Crippen LogP contribution is -2.25. The zero-order valence-electron chi connectivity index (χ0n) is 14.0. The molecule has 0 radical (unpaired) electrons. The first-order valence-electron chi connectivity index (χ1n) is 7.79. The van der Waals surface area contributed by atoms with Gasteiger partial charge in [0.25, 0.3) is 10.0 Å². The van der Waals surface area contributed by atoms with Crippen molar-refractivity contribution in [2.75, 3.05) is 16.2 Å². The third-order valence-electron chi connectivity index (χ3n) is 4.17. The van der Waals surface area contributed by atoms with Gasteiger partial charge < -0.3 is 4.90 Å². The van der Waals surface area contributed by atoms with Crippen LogP contribution in [0.15, 0.2) is 41.3 Å². The molecule has 0 atom stereocenters. The molecule has 3 rings (SSSR count). The maximum absolute atomic E-state index is 13.2. The van der Waals surface area contributed by atoms with Crippen LogP contribution in [0.4, 0.5) is 24.5 Å². The highest BCUT2D eigenvalue weighted by Gasteiger charge is 2.35. The van der Waals surface area contributed by atoms with Gasteiger partial charge in [0.05, 0.1) is 16.1 Å². The third-order valence-corrected chi connectivity index (χ3v) is 5.77. The Labute approximate surface area is 158 Å². The summed E-state index contributed by atoms with van der Waals surface area (Å²) in [6.07, 6.45) is -4.31. The van der Waals surface area contributed by atoms with Crippen LogP contribution in [0, 0.1) is 0 Å². The van der Waals surface area contributed by atoms with Gasteiger partial charge in [-0.25, -0.2) is 8.42 Å². The number of carbonyl (C=O) groups excluding carboxylic acids is 1. The van der Waals surface area contributed by atoms with Gasteiger partial charge in [-0.05, 0) is 48.4 Å². The number of hydrogen-bond acceptors (Lipinski definition) is 3. The molecule has 5 nitrogen and oxygen atoms in total. The van der Waals surface area contributed by atoms with Gasteiger partial charge in [0.1, 0.15) is 0 Å². The molecule has 0 aliphatic carbocycles. The van der Waals surface area contributed by atoms with Gasteiger partial charge in [-0.15, -0.1) is 0 Å². The molecule has 0 saturated heterocycles. The van der Waals surface area contributed by atoms with Crippen LogP contribution in [0.25, 0.3) is 0 Å². The minimum Gasteiger partial charge on any atom is -0.312 e. The van der Waals surface area contributed by atoms with Crippen molar-refractivity contribution in [3.05, 3.63) is 52.5 Å². The summed E-state index contributed by atoms with van der Waals surface area (Å²) >= 11 is 5.60. The highest BCUT2D eigenvalue weighted by Crippen LogP contribution is 2.38. The number of alkyl halides is 3. The van der Waals surface area contributed by atoms with E-state index in [0.717, 1.165) is 6.07 Å². The molecule has 0 spiro atoms. The molecule has 144 valence electrons. The van der Waals surface area contributed by atoms with Gasteiger partial charge in [0.15, 0.2) is 0 Å². The standard InChI is InChI=1S/C17H14ClF3N2O3S/c1-10(24)23-7-6-11-8-13(3-5-16(11)23)27(25,26)22-15-4-2-12(18)9-14(15)17(19,20)21/h2-5,8-9,22H,6-7H2,1H3. The lowest BCUT2D eigenvalue weighted by molar-refractivity contribution is -0.136. The predicted octanol–water partition coefficient (Wildman–Crippen LogP) is 4.07. The largest absolute Gasteiger partial charge is 0.418 e. The number of fused-ring (bicyclic) bond motifs is 1. The fourth-order valence-corrected chi connectivity index (χ4v) is 4.22. The highest BCUT2D eigenvalue weighted by atomic mass is 35.5. The maximum Gasteiger partial charge on any atom is 0.418 e. The van der Waals surface area contributed by atoms with Crippen molar-refractivity contribution in [1.29, 1.82) is 0 Å². The van der Waals surface area contributed by atoms with Crippen LogP contribution in [0.1, 0.15) is 18.1 Å². The second-order valence-electron chi connectivity index (χ2n) is 6.00. The van der Waals surface area contributed by atoms with E-state index in [1.165, 1.54) is 36.1 Å². The summed E-state index contributed by atoms with van der Waals surface area (Å²) in [4.78, 5) is 12.9. The van der Waals surface area contributed by atoms with E-state index >= 15 is 0 Å². The topological polar surface area (TPSA) is 66.5 Å². The summed E-state index contributed by atoms with van der Waals surface area (Å²) in [6, 6.07) is 6.89. The SMILES string of the molecule is CC(=O)N1CCc2cc(S(=O)(=O)Nc3ccc(Cl)cc3C(F)(F)F)ccc21. The van der Waals surface area contributed by atoms with E-state index in [-0.39, 0.29) is 15.8 Å². The number of halogens is 4. The van der Waals surface area contributed by atoms with Crippen molar-refractivity contribution in [3.8, 4) is 0 Å². The Hall–Kier alpha value is -2.26. The fourth-order valence-electron chi connectivity index (χ4n) is 2.92. The molecule has 1 aliphatic rings. The van der Waals surface area contributed by atoms with E-state index in [0.29, 0.717) is 30.3 Å². The lowest BCUT2D eigenvalue weighted by atomic mass is 10.2. The molecule has 0 bridgehead atoms. The normalized spacial score (nSPS) is 14.2. The molecule has 10 heteroatoms. The van der Waals surface area contributed by atoms with E-state index < -0.39 is 27.5 Å². The number of benzene rings is 2. The highest BCUT2D eigenvalue weighted by molar-refractivity contribution is 7.92. The molecular weight excluding hydrogens is 405 g/mol. The van der Waals surface area contributed by atoms with E-state index in [1.54, 1.807) is 0 Å². The second-order valence-corrected chi connectivity index (χ2v) is 8.12. The van der Waals surface area contributed by atoms with E-state index in [4.69, 9.17) is 11.6 Å². The quantitative estimate of drug-likeness (QED) is 0.817. The molecule has 27 heavy (non-hydrogen) atoms. The zero-order valence-corrected chi connectivity index (χ0v) is 15.5. The molecule has 2 aromatic carbocycles. The van der Waals surface area contributed by atoms with Crippen molar-refractivity contribution in [1.82, 2.24) is 0 Å². The monoisotopic (exact) mass is 418 g/mol. The van der Waals surface area contributed by atoms with Gasteiger partial charge in [-0.1, -0.05) is 11.6 Å². The predicted molar refractivity (Wildman–Crippen MR) is 95.4 cm³/mol. The van der Waals surface area contributed by atoms with Gasteiger partial charge in [0.2, 0.25) is 5.91 Å². The summed E-state index contributed by atoms with van der Waals surface area (Å²) in [7, 11) is -4.26. The van der Waals surface area contributed by atoms with Gasteiger partial charge in [-0.3, -0.25) is 9.52 Å². The molecule has 0 fully saturated rings. The molecule has 1 aliphatic heterocycles.